The molecule has 150 valence electrons. The molecule has 3 N–H and O–H groups in total. The van der Waals surface area contributed by atoms with Gasteiger partial charge in [-0.3, -0.25) is 25.2 Å². The van der Waals surface area contributed by atoms with Crippen LogP contribution in [0.1, 0.15) is 38.3 Å². The summed E-state index contributed by atoms with van der Waals surface area (Å²) in [6, 6.07) is 8.24. The van der Waals surface area contributed by atoms with E-state index in [2.05, 4.69) is 16.2 Å². The first-order chi connectivity index (χ1) is 13.4. The SMILES string of the molecule is CCCOc1ccc(C(=O)NNC(=O)CNC(=O)c2ccc(C)s2)cc1OC. The van der Waals surface area contributed by atoms with Crippen molar-refractivity contribution in [3.8, 4) is 11.5 Å². The third-order valence-electron chi connectivity index (χ3n) is 3.58. The Kier molecular flexibility index (Phi) is 7.82. The molecule has 0 bridgehead atoms. The van der Waals surface area contributed by atoms with Crippen LogP contribution in [0.2, 0.25) is 0 Å². The summed E-state index contributed by atoms with van der Waals surface area (Å²) >= 11 is 1.34. The molecule has 2 aromatic rings. The fraction of sp³-hybridized carbons (Fsp3) is 0.316. The molecule has 1 aromatic heterocycles. The summed E-state index contributed by atoms with van der Waals surface area (Å²) in [5.41, 5.74) is 4.85. The Morgan fingerprint density at radius 2 is 1.82 bits per heavy atom. The van der Waals surface area contributed by atoms with Crippen molar-refractivity contribution >= 4 is 29.1 Å². The summed E-state index contributed by atoms with van der Waals surface area (Å²) in [6.07, 6.45) is 0.847. The van der Waals surface area contributed by atoms with Crippen LogP contribution in [0.3, 0.4) is 0 Å². The summed E-state index contributed by atoms with van der Waals surface area (Å²) in [7, 11) is 1.48. The molecule has 28 heavy (non-hydrogen) atoms. The van der Waals surface area contributed by atoms with E-state index in [9.17, 15) is 14.4 Å². The molecule has 8 nitrogen and oxygen atoms in total. The largest absolute Gasteiger partial charge is 0.493 e. The Morgan fingerprint density at radius 3 is 2.46 bits per heavy atom. The number of methoxy groups -OCH3 is 1. The molecule has 0 aliphatic heterocycles. The fourth-order valence-corrected chi connectivity index (χ4v) is 2.97. The number of amides is 3. The van der Waals surface area contributed by atoms with Crippen LogP contribution in [0.25, 0.3) is 0 Å². The Labute approximate surface area is 167 Å². The molecule has 9 heteroatoms. The molecule has 3 amide bonds. The van der Waals surface area contributed by atoms with Gasteiger partial charge in [0.2, 0.25) is 0 Å². The monoisotopic (exact) mass is 405 g/mol. The van der Waals surface area contributed by atoms with Gasteiger partial charge >= 0.3 is 0 Å². The number of thiophene rings is 1. The lowest BCUT2D eigenvalue weighted by Gasteiger charge is -2.12. The van der Waals surface area contributed by atoms with Crippen molar-refractivity contribution in [2.24, 2.45) is 0 Å². The first kappa shape index (κ1) is 21.2. The maximum Gasteiger partial charge on any atom is 0.269 e. The molecule has 0 aliphatic carbocycles. The first-order valence-electron chi connectivity index (χ1n) is 8.69. The molecule has 0 aliphatic rings. The van der Waals surface area contributed by atoms with Crippen LogP contribution in [-0.2, 0) is 4.79 Å². The smallest absolute Gasteiger partial charge is 0.269 e. The molecular weight excluding hydrogens is 382 g/mol. The number of carbonyl (C=O) groups is 3. The molecule has 0 atom stereocenters. The lowest BCUT2D eigenvalue weighted by Crippen LogP contribution is -2.46. The van der Waals surface area contributed by atoms with Crippen LogP contribution >= 0.6 is 11.3 Å². The van der Waals surface area contributed by atoms with E-state index in [-0.39, 0.29) is 12.5 Å². The molecule has 0 fully saturated rings. The third-order valence-corrected chi connectivity index (χ3v) is 4.58. The minimum atomic E-state index is -0.551. The van der Waals surface area contributed by atoms with Gasteiger partial charge in [-0.25, -0.2) is 0 Å². The minimum absolute atomic E-state index is 0.261. The van der Waals surface area contributed by atoms with Crippen LogP contribution in [0, 0.1) is 6.92 Å². The van der Waals surface area contributed by atoms with Gasteiger partial charge in [-0.1, -0.05) is 6.92 Å². The number of aryl methyl sites for hydroxylation is 1. The molecule has 2 rings (SSSR count). The van der Waals surface area contributed by atoms with Crippen molar-refractivity contribution in [2.75, 3.05) is 20.3 Å². The van der Waals surface area contributed by atoms with E-state index < -0.39 is 11.8 Å². The van der Waals surface area contributed by atoms with Gasteiger partial charge in [0.05, 0.1) is 25.1 Å². The predicted molar refractivity (Wildman–Crippen MR) is 106 cm³/mol. The molecular formula is C19H23N3O5S. The van der Waals surface area contributed by atoms with Gasteiger partial charge in [0.25, 0.3) is 17.7 Å². The van der Waals surface area contributed by atoms with Crippen molar-refractivity contribution in [1.29, 1.82) is 0 Å². The van der Waals surface area contributed by atoms with Crippen LogP contribution in [-0.4, -0.2) is 38.0 Å². The fourth-order valence-electron chi connectivity index (χ4n) is 2.19. The van der Waals surface area contributed by atoms with Gasteiger partial charge in [-0.15, -0.1) is 11.3 Å². The van der Waals surface area contributed by atoms with Crippen LogP contribution in [0.15, 0.2) is 30.3 Å². The van der Waals surface area contributed by atoms with Crippen molar-refractivity contribution in [3.63, 3.8) is 0 Å². The lowest BCUT2D eigenvalue weighted by atomic mass is 10.2. The number of benzene rings is 1. The molecule has 1 aromatic carbocycles. The Morgan fingerprint density at radius 1 is 1.04 bits per heavy atom. The van der Waals surface area contributed by atoms with E-state index in [1.54, 1.807) is 18.2 Å². The van der Waals surface area contributed by atoms with Crippen molar-refractivity contribution in [2.45, 2.75) is 20.3 Å². The van der Waals surface area contributed by atoms with Crippen LogP contribution in [0.5, 0.6) is 11.5 Å². The van der Waals surface area contributed by atoms with Gasteiger partial charge in [-0.2, -0.15) is 0 Å². The number of rotatable bonds is 8. The molecule has 0 saturated carbocycles. The molecule has 0 unspecified atom stereocenters. The number of hydrogen-bond donors (Lipinski definition) is 3. The highest BCUT2D eigenvalue weighted by atomic mass is 32.1. The minimum Gasteiger partial charge on any atom is -0.493 e. The molecule has 0 saturated heterocycles. The highest BCUT2D eigenvalue weighted by molar-refractivity contribution is 7.13. The maximum atomic E-state index is 12.2. The standard InChI is InChI=1S/C19H23N3O5S/c1-4-9-27-14-7-6-13(10-15(14)26-3)18(24)22-21-17(23)11-20-19(25)16-8-5-12(2)28-16/h5-8,10H,4,9,11H2,1-3H3,(H,20,25)(H,21,23)(H,22,24). The summed E-state index contributed by atoms with van der Waals surface area (Å²) in [6.45, 7) is 4.15. The third kappa shape index (κ3) is 5.98. The maximum absolute atomic E-state index is 12.2. The molecule has 0 radical (unpaired) electrons. The average Bonchev–Trinajstić information content (AvgIpc) is 3.14. The number of hydrogen-bond acceptors (Lipinski definition) is 6. The summed E-state index contributed by atoms with van der Waals surface area (Å²) in [5, 5.41) is 2.49. The van der Waals surface area contributed by atoms with Crippen LogP contribution in [0.4, 0.5) is 0 Å². The average molecular weight is 405 g/mol. The van der Waals surface area contributed by atoms with Crippen molar-refractivity contribution < 1.29 is 23.9 Å². The highest BCUT2D eigenvalue weighted by Gasteiger charge is 2.13. The van der Waals surface area contributed by atoms with Gasteiger partial charge in [0, 0.05) is 10.4 Å². The summed E-state index contributed by atoms with van der Waals surface area (Å²) < 4.78 is 10.8. The second-order valence-electron chi connectivity index (χ2n) is 5.81. The van der Waals surface area contributed by atoms with Gasteiger partial charge in [0.1, 0.15) is 0 Å². The van der Waals surface area contributed by atoms with E-state index in [1.807, 2.05) is 19.9 Å². The van der Waals surface area contributed by atoms with E-state index >= 15 is 0 Å². The first-order valence-corrected chi connectivity index (χ1v) is 9.51. The van der Waals surface area contributed by atoms with E-state index in [0.29, 0.717) is 28.5 Å². The second-order valence-corrected chi connectivity index (χ2v) is 7.10. The predicted octanol–water partition coefficient (Wildman–Crippen LogP) is 2.04. The Hall–Kier alpha value is -3.07. The van der Waals surface area contributed by atoms with Gasteiger partial charge < -0.3 is 14.8 Å². The quantitative estimate of drug-likeness (QED) is 0.583. The summed E-state index contributed by atoms with van der Waals surface area (Å²) in [5.74, 6) is -0.451. The number of nitrogens with one attached hydrogen (secondary N) is 3. The van der Waals surface area contributed by atoms with Crippen molar-refractivity contribution in [3.05, 3.63) is 45.6 Å². The van der Waals surface area contributed by atoms with Crippen molar-refractivity contribution in [1.82, 2.24) is 16.2 Å². The van der Waals surface area contributed by atoms with Crippen LogP contribution < -0.4 is 25.6 Å². The zero-order valence-electron chi connectivity index (χ0n) is 16.0. The van der Waals surface area contributed by atoms with Gasteiger partial charge in [-0.05, 0) is 43.7 Å². The normalized spacial score (nSPS) is 10.1. The highest BCUT2D eigenvalue weighted by Crippen LogP contribution is 2.28. The molecule has 1 heterocycles. The summed E-state index contributed by atoms with van der Waals surface area (Å²) in [4.78, 5) is 37.5. The van der Waals surface area contributed by atoms with E-state index in [1.165, 1.54) is 24.5 Å². The number of hydrazine groups is 1. The second kappa shape index (κ2) is 10.3. The zero-order valence-corrected chi connectivity index (χ0v) is 16.8. The zero-order chi connectivity index (χ0) is 20.5. The van der Waals surface area contributed by atoms with E-state index in [4.69, 9.17) is 9.47 Å². The number of carbonyl (C=O) groups excluding carboxylic acids is 3. The Balaban J connectivity index is 1.83. The van der Waals surface area contributed by atoms with E-state index in [0.717, 1.165) is 11.3 Å². The lowest BCUT2D eigenvalue weighted by molar-refractivity contribution is -0.120. The Bertz CT molecular complexity index is 850. The topological polar surface area (TPSA) is 106 Å². The van der Waals surface area contributed by atoms with Gasteiger partial charge in [0.15, 0.2) is 11.5 Å². The number of ether oxygens (including phenoxy) is 2. The molecule has 0 spiro atoms.